The lowest BCUT2D eigenvalue weighted by Gasteiger charge is -2.34. The van der Waals surface area contributed by atoms with E-state index in [1.807, 2.05) is 18.2 Å². The van der Waals surface area contributed by atoms with Crippen molar-refractivity contribution in [3.05, 3.63) is 83.7 Å². The maximum Gasteiger partial charge on any atom is 0.138 e. The number of hydrogen-bond donors (Lipinski definition) is 1. The second kappa shape index (κ2) is 9.50. The van der Waals surface area contributed by atoms with Crippen LogP contribution in [0.1, 0.15) is 36.5 Å². The van der Waals surface area contributed by atoms with Gasteiger partial charge in [0, 0.05) is 19.4 Å². The Kier molecular flexibility index (Phi) is 6.56. The number of aliphatic hydroxyl groups excluding tert-OH is 1. The summed E-state index contributed by atoms with van der Waals surface area (Å²) in [6.07, 6.45) is 2.28. The van der Waals surface area contributed by atoms with Gasteiger partial charge in [0.2, 0.25) is 0 Å². The molecule has 0 aromatic heterocycles. The first-order valence-corrected chi connectivity index (χ1v) is 10.7. The van der Waals surface area contributed by atoms with Crippen molar-refractivity contribution < 1.29 is 14.3 Å². The fraction of sp³-hybridized carbons (Fsp3) is 0.346. The van der Waals surface area contributed by atoms with Gasteiger partial charge in [-0.2, -0.15) is 0 Å². The van der Waals surface area contributed by atoms with Crippen LogP contribution in [0.2, 0.25) is 0 Å². The highest BCUT2D eigenvalue weighted by Crippen LogP contribution is 2.32. The van der Waals surface area contributed by atoms with Crippen LogP contribution in [0.25, 0.3) is 10.8 Å². The number of piperidine rings is 1. The van der Waals surface area contributed by atoms with Gasteiger partial charge in [0.25, 0.3) is 0 Å². The van der Waals surface area contributed by atoms with E-state index < -0.39 is 6.10 Å². The van der Waals surface area contributed by atoms with Crippen LogP contribution in [-0.4, -0.2) is 35.4 Å². The first-order valence-electron chi connectivity index (χ1n) is 10.7. The van der Waals surface area contributed by atoms with E-state index in [2.05, 4.69) is 29.2 Å². The van der Waals surface area contributed by atoms with Gasteiger partial charge in [0.05, 0.1) is 6.10 Å². The molecule has 1 aliphatic heterocycles. The third-order valence-electron chi connectivity index (χ3n) is 6.22. The number of ketones is 1. The summed E-state index contributed by atoms with van der Waals surface area (Å²) in [7, 11) is 0. The Balaban J connectivity index is 1.25. The fourth-order valence-electron chi connectivity index (χ4n) is 4.36. The number of Topliss-reactive ketones (excluding diaryl/α,β-unsaturated/α-hetero) is 1. The Morgan fingerprint density at radius 1 is 1.00 bits per heavy atom. The first kappa shape index (κ1) is 20.7. The van der Waals surface area contributed by atoms with Gasteiger partial charge in [-0.15, -0.1) is 0 Å². The van der Waals surface area contributed by atoms with Crippen molar-refractivity contribution in [1.82, 2.24) is 4.90 Å². The molecule has 1 atom stereocenters. The van der Waals surface area contributed by atoms with E-state index in [0.717, 1.165) is 49.0 Å². The van der Waals surface area contributed by atoms with Gasteiger partial charge in [-0.05, 0) is 71.9 Å². The van der Waals surface area contributed by atoms with E-state index in [4.69, 9.17) is 0 Å². The molecule has 1 heterocycles. The Morgan fingerprint density at radius 3 is 2.43 bits per heavy atom. The summed E-state index contributed by atoms with van der Waals surface area (Å²) in [4.78, 5) is 14.6. The number of fused-ring (bicyclic) bond motifs is 1. The summed E-state index contributed by atoms with van der Waals surface area (Å²) >= 11 is 0. The number of aliphatic hydroxyl groups is 1. The largest absolute Gasteiger partial charge is 0.388 e. The molecule has 3 aromatic rings. The van der Waals surface area contributed by atoms with Crippen LogP contribution in [0.15, 0.2) is 66.7 Å². The molecule has 1 unspecified atom stereocenters. The van der Waals surface area contributed by atoms with E-state index in [1.54, 1.807) is 12.1 Å². The number of carbonyl (C=O) groups is 1. The summed E-state index contributed by atoms with van der Waals surface area (Å²) < 4.78 is 13.0. The van der Waals surface area contributed by atoms with Crippen molar-refractivity contribution >= 4 is 16.6 Å². The summed E-state index contributed by atoms with van der Waals surface area (Å²) in [5.74, 6) is 0.150. The van der Waals surface area contributed by atoms with Crippen molar-refractivity contribution in [2.75, 3.05) is 19.6 Å². The summed E-state index contributed by atoms with van der Waals surface area (Å²) in [5, 5.41) is 13.2. The van der Waals surface area contributed by atoms with Crippen LogP contribution in [0.3, 0.4) is 0 Å². The van der Waals surface area contributed by atoms with Crippen molar-refractivity contribution in [1.29, 1.82) is 0 Å². The molecule has 0 aliphatic carbocycles. The van der Waals surface area contributed by atoms with Gasteiger partial charge in [-0.25, -0.2) is 4.39 Å². The minimum absolute atomic E-state index is 0.180. The van der Waals surface area contributed by atoms with Crippen molar-refractivity contribution in [3.63, 3.8) is 0 Å². The average Bonchev–Trinajstić information content (AvgIpc) is 2.79. The zero-order valence-corrected chi connectivity index (χ0v) is 17.1. The standard InChI is InChI=1S/C26H28FNO2/c27-24-9-5-19(6-10-24)17-25(29)13-16-28-14-11-21(12-15-28)26(30)23-8-7-20-3-1-2-4-22(20)18-23/h1-10,18,21,26,30H,11-17H2. The average molecular weight is 406 g/mol. The molecule has 1 aliphatic rings. The minimum Gasteiger partial charge on any atom is -0.388 e. The Bertz CT molecular complexity index is 993. The van der Waals surface area contributed by atoms with E-state index in [1.165, 1.54) is 17.5 Å². The third-order valence-corrected chi connectivity index (χ3v) is 6.22. The zero-order valence-electron chi connectivity index (χ0n) is 17.1. The molecular formula is C26H28FNO2. The maximum absolute atomic E-state index is 13.0. The van der Waals surface area contributed by atoms with Crippen LogP contribution >= 0.6 is 0 Å². The Labute approximate surface area is 177 Å². The number of carbonyl (C=O) groups excluding carboxylic acids is 1. The molecule has 4 heteroatoms. The molecule has 30 heavy (non-hydrogen) atoms. The highest BCUT2D eigenvalue weighted by atomic mass is 19.1. The molecule has 3 aromatic carbocycles. The minimum atomic E-state index is -0.447. The normalized spacial score (nSPS) is 16.6. The second-order valence-corrected chi connectivity index (χ2v) is 8.32. The van der Waals surface area contributed by atoms with Crippen molar-refractivity contribution in [2.45, 2.75) is 31.8 Å². The zero-order chi connectivity index (χ0) is 20.9. The summed E-state index contributed by atoms with van der Waals surface area (Å²) in [6.45, 7) is 2.55. The number of nitrogens with zero attached hydrogens (tertiary/aromatic N) is 1. The lowest BCUT2D eigenvalue weighted by molar-refractivity contribution is -0.118. The van der Waals surface area contributed by atoms with Crippen LogP contribution in [0.4, 0.5) is 4.39 Å². The smallest absolute Gasteiger partial charge is 0.138 e. The van der Waals surface area contributed by atoms with E-state index in [0.29, 0.717) is 12.8 Å². The second-order valence-electron chi connectivity index (χ2n) is 8.32. The van der Waals surface area contributed by atoms with Gasteiger partial charge >= 0.3 is 0 Å². The number of hydrogen-bond acceptors (Lipinski definition) is 3. The van der Waals surface area contributed by atoms with Crippen LogP contribution in [0.5, 0.6) is 0 Å². The molecule has 156 valence electrons. The molecule has 0 spiro atoms. The maximum atomic E-state index is 13.0. The SMILES string of the molecule is O=C(CCN1CCC(C(O)c2ccc3ccccc3c2)CC1)Cc1ccc(F)cc1. The molecular weight excluding hydrogens is 377 g/mol. The van der Waals surface area contributed by atoms with E-state index >= 15 is 0 Å². The molecule has 1 fully saturated rings. The fourth-order valence-corrected chi connectivity index (χ4v) is 4.36. The monoisotopic (exact) mass is 405 g/mol. The van der Waals surface area contributed by atoms with Gasteiger partial charge in [-0.1, -0.05) is 48.5 Å². The topological polar surface area (TPSA) is 40.5 Å². The molecule has 4 rings (SSSR count). The molecule has 3 nitrogen and oxygen atoms in total. The Morgan fingerprint density at radius 2 is 1.70 bits per heavy atom. The van der Waals surface area contributed by atoms with Gasteiger partial charge in [-0.3, -0.25) is 4.79 Å². The molecule has 0 radical (unpaired) electrons. The number of likely N-dealkylation sites (tertiary alicyclic amines) is 1. The van der Waals surface area contributed by atoms with Crippen LogP contribution in [0, 0.1) is 11.7 Å². The Hall–Kier alpha value is -2.56. The first-order chi connectivity index (χ1) is 14.6. The quantitative estimate of drug-likeness (QED) is 0.606. The molecule has 0 amide bonds. The highest BCUT2D eigenvalue weighted by Gasteiger charge is 2.26. The van der Waals surface area contributed by atoms with Crippen molar-refractivity contribution in [3.8, 4) is 0 Å². The number of benzene rings is 3. The summed E-state index contributed by atoms with van der Waals surface area (Å²) in [5.41, 5.74) is 1.85. The highest BCUT2D eigenvalue weighted by molar-refractivity contribution is 5.83. The number of rotatable bonds is 7. The molecule has 1 N–H and O–H groups in total. The van der Waals surface area contributed by atoms with Gasteiger partial charge < -0.3 is 10.0 Å². The van der Waals surface area contributed by atoms with Gasteiger partial charge in [0.1, 0.15) is 11.6 Å². The van der Waals surface area contributed by atoms with Crippen LogP contribution in [-0.2, 0) is 11.2 Å². The molecule has 0 saturated carbocycles. The van der Waals surface area contributed by atoms with E-state index in [9.17, 15) is 14.3 Å². The molecule has 0 bridgehead atoms. The summed E-state index contributed by atoms with van der Waals surface area (Å²) in [6, 6.07) is 20.6. The third kappa shape index (κ3) is 5.13. The van der Waals surface area contributed by atoms with Gasteiger partial charge in [0.15, 0.2) is 0 Å². The van der Waals surface area contributed by atoms with E-state index in [-0.39, 0.29) is 17.5 Å². The van der Waals surface area contributed by atoms with Crippen molar-refractivity contribution in [2.24, 2.45) is 5.92 Å². The predicted molar refractivity (Wildman–Crippen MR) is 118 cm³/mol. The molecule has 1 saturated heterocycles. The number of halogens is 1. The lowest BCUT2D eigenvalue weighted by Crippen LogP contribution is -2.37. The lowest BCUT2D eigenvalue weighted by atomic mass is 9.86. The van der Waals surface area contributed by atoms with Crippen LogP contribution < -0.4 is 0 Å². The predicted octanol–water partition coefficient (Wildman–Crippen LogP) is 4.93.